The van der Waals surface area contributed by atoms with Crippen molar-refractivity contribution >= 4 is 0 Å². The summed E-state index contributed by atoms with van der Waals surface area (Å²) in [6.07, 6.45) is 0.407. The second-order valence-corrected chi connectivity index (χ2v) is 8.10. The van der Waals surface area contributed by atoms with Crippen LogP contribution in [-0.2, 0) is 19.3 Å². The molecule has 0 amide bonds. The van der Waals surface area contributed by atoms with E-state index in [0.29, 0.717) is 6.42 Å². The number of aliphatic hydroxyl groups excluding tert-OH is 2. The van der Waals surface area contributed by atoms with Gasteiger partial charge in [0.05, 0.1) is 6.10 Å². The molecule has 2 N–H and O–H groups in total. The minimum absolute atomic E-state index is 0.415. The summed E-state index contributed by atoms with van der Waals surface area (Å²) in [5, 5.41) is 21.2. The molecule has 0 aromatic heterocycles. The van der Waals surface area contributed by atoms with Crippen LogP contribution >= 0.6 is 0 Å². The summed E-state index contributed by atoms with van der Waals surface area (Å²) in [6, 6.07) is 36.8. The average molecular weight is 409 g/mol. The topological polar surface area (TPSA) is 40.5 Å². The number of hydrogen-bond donors (Lipinski definition) is 2. The zero-order valence-electron chi connectivity index (χ0n) is 17.6. The first-order chi connectivity index (χ1) is 15.2. The van der Waals surface area contributed by atoms with Crippen molar-refractivity contribution in [3.05, 3.63) is 143 Å². The molecule has 0 radical (unpaired) electrons. The van der Waals surface area contributed by atoms with Gasteiger partial charge in [0, 0.05) is 6.42 Å². The van der Waals surface area contributed by atoms with Gasteiger partial charge in [-0.15, -0.1) is 0 Å². The second-order valence-electron chi connectivity index (χ2n) is 8.10. The molecule has 0 saturated carbocycles. The van der Waals surface area contributed by atoms with Gasteiger partial charge in [-0.2, -0.15) is 0 Å². The SMILES string of the molecule is OC(Cc1ccc(Cc2ccccc2)cc1)C(O)c1ccc(Cc2ccccc2)cc1. The first kappa shape index (κ1) is 21.0. The monoisotopic (exact) mass is 408 g/mol. The summed E-state index contributed by atoms with van der Waals surface area (Å²) in [7, 11) is 0. The highest BCUT2D eigenvalue weighted by atomic mass is 16.3. The Morgan fingerprint density at radius 3 is 1.32 bits per heavy atom. The van der Waals surface area contributed by atoms with E-state index in [-0.39, 0.29) is 0 Å². The molecule has 2 atom stereocenters. The summed E-state index contributed by atoms with van der Waals surface area (Å²) in [4.78, 5) is 0. The Balaban J connectivity index is 1.34. The van der Waals surface area contributed by atoms with Crippen molar-refractivity contribution in [2.45, 2.75) is 31.5 Å². The summed E-state index contributed by atoms with van der Waals surface area (Å²) in [6.45, 7) is 0. The summed E-state index contributed by atoms with van der Waals surface area (Å²) >= 11 is 0. The maximum Gasteiger partial charge on any atom is 0.105 e. The molecule has 4 aromatic carbocycles. The smallest absolute Gasteiger partial charge is 0.105 e. The number of rotatable bonds is 8. The van der Waals surface area contributed by atoms with E-state index in [1.54, 1.807) is 0 Å². The van der Waals surface area contributed by atoms with Crippen LogP contribution in [0.2, 0.25) is 0 Å². The lowest BCUT2D eigenvalue weighted by Gasteiger charge is -2.19. The third-order valence-corrected chi connectivity index (χ3v) is 5.66. The molecule has 0 spiro atoms. The molecule has 2 heteroatoms. The van der Waals surface area contributed by atoms with Gasteiger partial charge >= 0.3 is 0 Å². The van der Waals surface area contributed by atoms with Crippen LogP contribution in [0.15, 0.2) is 109 Å². The lowest BCUT2D eigenvalue weighted by Crippen LogP contribution is -2.20. The van der Waals surface area contributed by atoms with Gasteiger partial charge < -0.3 is 10.2 Å². The van der Waals surface area contributed by atoms with E-state index >= 15 is 0 Å². The molecule has 4 rings (SSSR count). The van der Waals surface area contributed by atoms with E-state index < -0.39 is 12.2 Å². The van der Waals surface area contributed by atoms with Crippen LogP contribution in [0.5, 0.6) is 0 Å². The third-order valence-electron chi connectivity index (χ3n) is 5.66. The quantitative estimate of drug-likeness (QED) is 0.404. The molecule has 0 aliphatic heterocycles. The van der Waals surface area contributed by atoms with Crippen LogP contribution in [0.25, 0.3) is 0 Å². The molecular formula is C29H28O2. The minimum atomic E-state index is -0.908. The molecule has 2 unspecified atom stereocenters. The van der Waals surface area contributed by atoms with Crippen molar-refractivity contribution in [2.75, 3.05) is 0 Å². The maximum absolute atomic E-state index is 10.6. The fourth-order valence-corrected chi connectivity index (χ4v) is 3.86. The van der Waals surface area contributed by atoms with Crippen molar-refractivity contribution in [2.24, 2.45) is 0 Å². The van der Waals surface area contributed by atoms with E-state index in [9.17, 15) is 10.2 Å². The lowest BCUT2D eigenvalue weighted by molar-refractivity contribution is 0.0189. The van der Waals surface area contributed by atoms with Gasteiger partial charge in [0.1, 0.15) is 6.10 Å². The lowest BCUT2D eigenvalue weighted by atomic mass is 9.95. The predicted octanol–water partition coefficient (Wildman–Crippen LogP) is 5.51. The standard InChI is InChI=1S/C29H28O2/c30-28(21-26-13-11-24(12-14-26)19-22-7-3-1-4-8-22)29(31)27-17-15-25(16-18-27)20-23-9-5-2-6-10-23/h1-18,28-31H,19-21H2. The third kappa shape index (κ3) is 5.91. The first-order valence-electron chi connectivity index (χ1n) is 10.8. The molecule has 0 fully saturated rings. The predicted molar refractivity (Wildman–Crippen MR) is 126 cm³/mol. The van der Waals surface area contributed by atoms with Crippen LogP contribution in [0.1, 0.15) is 39.5 Å². The van der Waals surface area contributed by atoms with Gasteiger partial charge in [0.15, 0.2) is 0 Å². The number of benzene rings is 4. The molecule has 4 aromatic rings. The van der Waals surface area contributed by atoms with Crippen LogP contribution in [0.4, 0.5) is 0 Å². The Bertz CT molecular complexity index is 1060. The van der Waals surface area contributed by atoms with Crippen molar-refractivity contribution in [3.63, 3.8) is 0 Å². The highest BCUT2D eigenvalue weighted by molar-refractivity contribution is 5.31. The van der Waals surface area contributed by atoms with Crippen molar-refractivity contribution < 1.29 is 10.2 Å². The number of aliphatic hydroxyl groups is 2. The largest absolute Gasteiger partial charge is 0.390 e. The fourth-order valence-electron chi connectivity index (χ4n) is 3.86. The van der Waals surface area contributed by atoms with E-state index in [1.807, 2.05) is 60.7 Å². The van der Waals surface area contributed by atoms with E-state index in [2.05, 4.69) is 48.5 Å². The Labute approximate surface area is 184 Å². The Morgan fingerprint density at radius 2 is 0.839 bits per heavy atom. The van der Waals surface area contributed by atoms with Gasteiger partial charge in [-0.1, -0.05) is 109 Å². The summed E-state index contributed by atoms with van der Waals surface area (Å²) in [5.41, 5.74) is 6.71. The van der Waals surface area contributed by atoms with Gasteiger partial charge in [-0.05, 0) is 46.2 Å². The molecular weight excluding hydrogens is 380 g/mol. The van der Waals surface area contributed by atoms with Crippen LogP contribution in [-0.4, -0.2) is 16.3 Å². The average Bonchev–Trinajstić information content (AvgIpc) is 2.82. The highest BCUT2D eigenvalue weighted by Crippen LogP contribution is 2.22. The zero-order chi connectivity index (χ0) is 21.5. The van der Waals surface area contributed by atoms with Crippen LogP contribution in [0.3, 0.4) is 0 Å². The molecule has 0 saturated heterocycles. The molecule has 31 heavy (non-hydrogen) atoms. The van der Waals surface area contributed by atoms with Crippen molar-refractivity contribution in [1.82, 2.24) is 0 Å². The van der Waals surface area contributed by atoms with E-state index in [0.717, 1.165) is 24.0 Å². The molecule has 0 aliphatic rings. The Hall–Kier alpha value is -3.20. The van der Waals surface area contributed by atoms with Crippen LogP contribution in [0, 0.1) is 0 Å². The van der Waals surface area contributed by atoms with Crippen molar-refractivity contribution in [1.29, 1.82) is 0 Å². The molecule has 0 aliphatic carbocycles. The van der Waals surface area contributed by atoms with E-state index in [1.165, 1.54) is 22.3 Å². The van der Waals surface area contributed by atoms with Gasteiger partial charge in [0.25, 0.3) is 0 Å². The zero-order valence-corrected chi connectivity index (χ0v) is 17.6. The molecule has 2 nitrogen and oxygen atoms in total. The molecule has 156 valence electrons. The second kappa shape index (κ2) is 10.2. The van der Waals surface area contributed by atoms with Gasteiger partial charge in [-0.3, -0.25) is 0 Å². The summed E-state index contributed by atoms with van der Waals surface area (Å²) in [5.74, 6) is 0. The maximum atomic E-state index is 10.6. The fraction of sp³-hybridized carbons (Fsp3) is 0.172. The van der Waals surface area contributed by atoms with Gasteiger partial charge in [-0.25, -0.2) is 0 Å². The summed E-state index contributed by atoms with van der Waals surface area (Å²) < 4.78 is 0. The number of hydrogen-bond acceptors (Lipinski definition) is 2. The van der Waals surface area contributed by atoms with E-state index in [4.69, 9.17) is 0 Å². The molecule has 0 heterocycles. The Kier molecular flexibility index (Phi) is 6.93. The minimum Gasteiger partial charge on any atom is -0.390 e. The molecule has 0 bridgehead atoms. The van der Waals surface area contributed by atoms with Gasteiger partial charge in [0.2, 0.25) is 0 Å². The first-order valence-corrected chi connectivity index (χ1v) is 10.8. The highest BCUT2D eigenvalue weighted by Gasteiger charge is 2.18. The van der Waals surface area contributed by atoms with Crippen LogP contribution < -0.4 is 0 Å². The normalized spacial score (nSPS) is 13.0. The van der Waals surface area contributed by atoms with Crippen molar-refractivity contribution in [3.8, 4) is 0 Å². The Morgan fingerprint density at radius 1 is 0.452 bits per heavy atom.